The molecular formula is C24H25ClF2N6O. The minimum atomic E-state index is -0.766. The molecule has 3 aliphatic heterocycles. The Bertz CT molecular complexity index is 1280. The summed E-state index contributed by atoms with van der Waals surface area (Å²) in [6.45, 7) is 5.04. The summed E-state index contributed by atoms with van der Waals surface area (Å²) in [4.78, 5) is 15.7. The van der Waals surface area contributed by atoms with Gasteiger partial charge in [0.25, 0.3) is 0 Å². The number of benzene rings is 2. The maximum atomic E-state index is 16.0. The predicted octanol–water partition coefficient (Wildman–Crippen LogP) is 3.09. The van der Waals surface area contributed by atoms with Gasteiger partial charge >= 0.3 is 0 Å². The van der Waals surface area contributed by atoms with Crippen molar-refractivity contribution in [1.82, 2.24) is 20.2 Å². The maximum absolute atomic E-state index is 16.0. The Labute approximate surface area is 200 Å². The van der Waals surface area contributed by atoms with Gasteiger partial charge in [0.15, 0.2) is 5.82 Å². The fraction of sp³-hybridized carbons (Fsp3) is 0.417. The summed E-state index contributed by atoms with van der Waals surface area (Å²) in [7, 11) is 4.05. The third-order valence-electron chi connectivity index (χ3n) is 7.32. The summed E-state index contributed by atoms with van der Waals surface area (Å²) >= 11 is 6.50. The minimum absolute atomic E-state index is 0.000157. The number of aromatic hydroxyl groups is 1. The quantitative estimate of drug-likeness (QED) is 0.587. The third-order valence-corrected chi connectivity index (χ3v) is 7.62. The molecule has 3 aliphatic rings. The van der Waals surface area contributed by atoms with Crippen LogP contribution in [0.2, 0.25) is 5.02 Å². The summed E-state index contributed by atoms with van der Waals surface area (Å²) < 4.78 is 30.7. The highest BCUT2D eigenvalue weighted by Crippen LogP contribution is 2.45. The average molecular weight is 487 g/mol. The van der Waals surface area contributed by atoms with Crippen LogP contribution in [0.1, 0.15) is 0 Å². The Morgan fingerprint density at radius 2 is 1.85 bits per heavy atom. The lowest BCUT2D eigenvalue weighted by Gasteiger charge is -2.56. The van der Waals surface area contributed by atoms with E-state index in [0.29, 0.717) is 23.2 Å². The highest BCUT2D eigenvalue weighted by molar-refractivity contribution is 6.34. The van der Waals surface area contributed by atoms with Crippen LogP contribution in [0.4, 0.5) is 20.5 Å². The summed E-state index contributed by atoms with van der Waals surface area (Å²) in [5.41, 5.74) is -0.152. The van der Waals surface area contributed by atoms with Gasteiger partial charge < -0.3 is 25.1 Å². The number of halogens is 3. The summed E-state index contributed by atoms with van der Waals surface area (Å²) in [6, 6.07) is 5.79. The number of phenols is 1. The van der Waals surface area contributed by atoms with E-state index in [4.69, 9.17) is 16.6 Å². The standard InChI is InChI=1S/C24H25ClF2N6O/c1-31(2)13-7-32(8-13)23-29-21-14(22(30-23)33-11-24(12-33)9-28-10-24)6-15(25)18(20(21)27)19-16(26)4-3-5-17(19)34/h3-6,13,28,34H,7-12H2,1-2H3. The molecule has 1 spiro atoms. The van der Waals surface area contributed by atoms with Crippen LogP contribution in [-0.2, 0) is 0 Å². The molecule has 0 atom stereocenters. The number of nitrogens with zero attached hydrogens (tertiary/aromatic N) is 5. The molecular weight excluding hydrogens is 462 g/mol. The zero-order valence-electron chi connectivity index (χ0n) is 18.9. The SMILES string of the molecule is CN(C)C1CN(c2nc(N3CC4(CNC4)C3)c3cc(Cl)c(-c4c(O)cccc4F)c(F)c3n2)C1. The summed E-state index contributed by atoms with van der Waals surface area (Å²) in [5.74, 6) is -0.825. The number of hydrogen-bond donors (Lipinski definition) is 2. The smallest absolute Gasteiger partial charge is 0.228 e. The highest BCUT2D eigenvalue weighted by atomic mass is 35.5. The molecule has 0 aliphatic carbocycles. The van der Waals surface area contributed by atoms with E-state index in [9.17, 15) is 9.50 Å². The molecule has 4 heterocycles. The normalized spacial score (nSPS) is 19.5. The summed E-state index contributed by atoms with van der Waals surface area (Å²) in [5, 5.41) is 14.1. The molecule has 6 rings (SSSR count). The molecule has 3 aromatic rings. The molecule has 2 aromatic carbocycles. The second-order valence-corrected chi connectivity index (χ2v) is 10.3. The van der Waals surface area contributed by atoms with Crippen molar-refractivity contribution >= 4 is 34.3 Å². The molecule has 3 fully saturated rings. The van der Waals surface area contributed by atoms with E-state index < -0.39 is 11.6 Å². The first-order valence-electron chi connectivity index (χ1n) is 11.3. The summed E-state index contributed by atoms with van der Waals surface area (Å²) in [6.07, 6.45) is 0. The van der Waals surface area contributed by atoms with Crippen LogP contribution in [0.3, 0.4) is 0 Å². The van der Waals surface area contributed by atoms with Crippen LogP contribution >= 0.6 is 11.6 Å². The van der Waals surface area contributed by atoms with Gasteiger partial charge in [0.05, 0.1) is 10.6 Å². The Balaban J connectivity index is 1.50. The van der Waals surface area contributed by atoms with E-state index >= 15 is 4.39 Å². The van der Waals surface area contributed by atoms with E-state index in [1.165, 1.54) is 18.2 Å². The van der Waals surface area contributed by atoms with Crippen molar-refractivity contribution < 1.29 is 13.9 Å². The predicted molar refractivity (Wildman–Crippen MR) is 129 cm³/mol. The van der Waals surface area contributed by atoms with Gasteiger partial charge in [0, 0.05) is 61.7 Å². The van der Waals surface area contributed by atoms with Gasteiger partial charge in [-0.2, -0.15) is 4.98 Å². The first-order valence-corrected chi connectivity index (χ1v) is 11.7. The van der Waals surface area contributed by atoms with Gasteiger partial charge in [-0.3, -0.25) is 0 Å². The first-order chi connectivity index (χ1) is 16.3. The molecule has 1 aromatic heterocycles. The van der Waals surface area contributed by atoms with Crippen molar-refractivity contribution in [3.8, 4) is 16.9 Å². The Morgan fingerprint density at radius 1 is 1.12 bits per heavy atom. The molecule has 0 saturated carbocycles. The number of anilines is 2. The lowest BCUT2D eigenvalue weighted by atomic mass is 9.74. The Hall–Kier alpha value is -2.75. The number of fused-ring (bicyclic) bond motifs is 1. The van der Waals surface area contributed by atoms with Crippen molar-refractivity contribution in [3.63, 3.8) is 0 Å². The molecule has 3 saturated heterocycles. The number of nitrogens with one attached hydrogen (secondary N) is 1. The fourth-order valence-corrected chi connectivity index (χ4v) is 5.39. The fourth-order valence-electron chi connectivity index (χ4n) is 5.10. The van der Waals surface area contributed by atoms with Crippen LogP contribution in [0, 0.1) is 17.0 Å². The lowest BCUT2D eigenvalue weighted by molar-refractivity contribution is 0.121. The van der Waals surface area contributed by atoms with Gasteiger partial charge in [-0.1, -0.05) is 17.7 Å². The van der Waals surface area contributed by atoms with E-state index in [0.717, 1.165) is 39.3 Å². The number of hydrogen-bond acceptors (Lipinski definition) is 7. The number of likely N-dealkylation sites (N-methyl/N-ethyl adjacent to an activating group) is 1. The second-order valence-electron chi connectivity index (χ2n) is 9.91. The number of rotatable bonds is 4. The lowest BCUT2D eigenvalue weighted by Crippen LogP contribution is -2.71. The zero-order valence-corrected chi connectivity index (χ0v) is 19.7. The van der Waals surface area contributed by atoms with Gasteiger partial charge in [0.1, 0.15) is 22.9 Å². The van der Waals surface area contributed by atoms with Crippen molar-refractivity contribution in [1.29, 1.82) is 0 Å². The largest absolute Gasteiger partial charge is 0.507 e. The number of phenolic OH excluding ortho intramolecular Hbond substituents is 1. The van der Waals surface area contributed by atoms with Crippen molar-refractivity contribution in [3.05, 3.63) is 40.9 Å². The Morgan fingerprint density at radius 3 is 2.47 bits per heavy atom. The molecule has 0 bridgehead atoms. The molecule has 0 amide bonds. The topological polar surface area (TPSA) is 67.8 Å². The molecule has 178 valence electrons. The van der Waals surface area contributed by atoms with E-state index in [1.54, 1.807) is 6.07 Å². The van der Waals surface area contributed by atoms with Crippen molar-refractivity contribution in [2.24, 2.45) is 5.41 Å². The Kier molecular flexibility index (Phi) is 4.88. The highest BCUT2D eigenvalue weighted by Gasteiger charge is 2.48. The van der Waals surface area contributed by atoms with E-state index in [1.807, 2.05) is 19.0 Å². The molecule has 2 N–H and O–H groups in total. The number of aromatic nitrogens is 2. The third kappa shape index (κ3) is 3.21. The molecule has 10 heteroatoms. The van der Waals surface area contributed by atoms with Gasteiger partial charge in [-0.05, 0) is 32.3 Å². The van der Waals surface area contributed by atoms with Crippen LogP contribution in [0.15, 0.2) is 24.3 Å². The van der Waals surface area contributed by atoms with E-state index in [2.05, 4.69) is 20.1 Å². The monoisotopic (exact) mass is 486 g/mol. The molecule has 34 heavy (non-hydrogen) atoms. The average Bonchev–Trinajstić information content (AvgIpc) is 2.67. The molecule has 0 unspecified atom stereocenters. The maximum Gasteiger partial charge on any atom is 0.228 e. The second kappa shape index (κ2) is 7.63. The van der Waals surface area contributed by atoms with Crippen molar-refractivity contribution in [2.45, 2.75) is 6.04 Å². The van der Waals surface area contributed by atoms with Crippen LogP contribution < -0.4 is 15.1 Å². The molecule has 0 radical (unpaired) electrons. The van der Waals surface area contributed by atoms with Gasteiger partial charge in [-0.15, -0.1) is 0 Å². The van der Waals surface area contributed by atoms with Gasteiger partial charge in [0.2, 0.25) is 5.95 Å². The first kappa shape index (κ1) is 21.8. The van der Waals surface area contributed by atoms with Gasteiger partial charge in [-0.25, -0.2) is 13.8 Å². The molecule has 7 nitrogen and oxygen atoms in total. The van der Waals surface area contributed by atoms with Crippen LogP contribution in [0.25, 0.3) is 22.0 Å². The van der Waals surface area contributed by atoms with Crippen molar-refractivity contribution in [2.75, 3.05) is 63.2 Å². The zero-order chi connectivity index (χ0) is 23.8. The minimum Gasteiger partial charge on any atom is -0.507 e. The van der Waals surface area contributed by atoms with Crippen LogP contribution in [0.5, 0.6) is 5.75 Å². The van der Waals surface area contributed by atoms with E-state index in [-0.39, 0.29) is 32.8 Å². The van der Waals surface area contributed by atoms with Crippen LogP contribution in [-0.4, -0.2) is 79.4 Å².